The van der Waals surface area contributed by atoms with Crippen LogP contribution in [0.4, 0.5) is 4.39 Å². The number of aromatic hydroxyl groups is 1. The molecular formula is C24H23BrFNO6. The molecule has 174 valence electrons. The SMILES string of the molecule is CCOc1cc(C2C(C(=O)OC)=CN(Cc3ccc(F)cc3)C=C2C(=O)OC)cc(Br)c1O. The quantitative estimate of drug-likeness (QED) is 0.542. The van der Waals surface area contributed by atoms with Crippen LogP contribution in [0.25, 0.3) is 0 Å². The number of carbonyl (C=O) groups excluding carboxylic acids is 2. The number of rotatable bonds is 7. The first kappa shape index (κ1) is 24.3. The zero-order valence-corrected chi connectivity index (χ0v) is 19.9. The predicted molar refractivity (Wildman–Crippen MR) is 122 cm³/mol. The molecule has 1 heterocycles. The summed E-state index contributed by atoms with van der Waals surface area (Å²) >= 11 is 3.30. The molecule has 0 radical (unpaired) electrons. The molecule has 0 aliphatic carbocycles. The lowest BCUT2D eigenvalue weighted by molar-refractivity contribution is -0.137. The zero-order valence-electron chi connectivity index (χ0n) is 18.3. The molecule has 0 atom stereocenters. The fourth-order valence-corrected chi connectivity index (χ4v) is 4.02. The molecule has 0 saturated carbocycles. The molecule has 0 amide bonds. The van der Waals surface area contributed by atoms with Gasteiger partial charge in [-0.1, -0.05) is 12.1 Å². The van der Waals surface area contributed by atoms with Crippen molar-refractivity contribution in [2.45, 2.75) is 19.4 Å². The molecule has 0 bridgehead atoms. The summed E-state index contributed by atoms with van der Waals surface area (Å²) in [5, 5.41) is 10.3. The number of halogens is 2. The van der Waals surface area contributed by atoms with Gasteiger partial charge in [0.2, 0.25) is 0 Å². The van der Waals surface area contributed by atoms with Crippen LogP contribution < -0.4 is 4.74 Å². The minimum Gasteiger partial charge on any atom is -0.503 e. The van der Waals surface area contributed by atoms with Crippen molar-refractivity contribution < 1.29 is 33.3 Å². The fraction of sp³-hybridized carbons (Fsp3) is 0.250. The number of hydrogen-bond acceptors (Lipinski definition) is 7. The predicted octanol–water partition coefficient (Wildman–Crippen LogP) is 4.41. The van der Waals surface area contributed by atoms with E-state index in [0.717, 1.165) is 5.56 Å². The molecule has 9 heteroatoms. The third-order valence-corrected chi connectivity index (χ3v) is 5.64. The third-order valence-electron chi connectivity index (χ3n) is 5.04. The average molecular weight is 520 g/mol. The number of benzene rings is 2. The maximum Gasteiger partial charge on any atom is 0.336 e. The largest absolute Gasteiger partial charge is 0.503 e. The molecule has 0 fully saturated rings. The average Bonchev–Trinajstić information content (AvgIpc) is 2.81. The van der Waals surface area contributed by atoms with Crippen molar-refractivity contribution in [1.29, 1.82) is 0 Å². The van der Waals surface area contributed by atoms with Gasteiger partial charge in [0, 0.05) is 18.9 Å². The van der Waals surface area contributed by atoms with Gasteiger partial charge in [-0.3, -0.25) is 0 Å². The lowest BCUT2D eigenvalue weighted by atomic mass is 9.83. The Morgan fingerprint density at radius 1 is 1.06 bits per heavy atom. The van der Waals surface area contributed by atoms with Gasteiger partial charge in [0.1, 0.15) is 5.82 Å². The number of ether oxygens (including phenoxy) is 3. The third kappa shape index (κ3) is 5.36. The van der Waals surface area contributed by atoms with Crippen molar-refractivity contribution in [3.8, 4) is 11.5 Å². The minimum atomic E-state index is -0.842. The van der Waals surface area contributed by atoms with E-state index in [1.807, 2.05) is 0 Å². The van der Waals surface area contributed by atoms with Crippen LogP contribution in [0.3, 0.4) is 0 Å². The van der Waals surface area contributed by atoms with E-state index < -0.39 is 17.9 Å². The van der Waals surface area contributed by atoms with Crippen LogP contribution in [0.15, 0.2) is 64.4 Å². The van der Waals surface area contributed by atoms with Gasteiger partial charge in [-0.15, -0.1) is 0 Å². The van der Waals surface area contributed by atoms with Gasteiger partial charge in [-0.25, -0.2) is 14.0 Å². The summed E-state index contributed by atoms with van der Waals surface area (Å²) in [7, 11) is 2.50. The molecule has 33 heavy (non-hydrogen) atoms. The highest BCUT2D eigenvalue weighted by molar-refractivity contribution is 9.10. The second-order valence-corrected chi connectivity index (χ2v) is 8.02. The van der Waals surface area contributed by atoms with Gasteiger partial charge in [0.25, 0.3) is 0 Å². The fourth-order valence-electron chi connectivity index (χ4n) is 3.56. The summed E-state index contributed by atoms with van der Waals surface area (Å²) in [6.07, 6.45) is 3.15. The molecule has 7 nitrogen and oxygen atoms in total. The van der Waals surface area contributed by atoms with E-state index in [9.17, 15) is 19.1 Å². The Morgan fingerprint density at radius 3 is 2.15 bits per heavy atom. The second-order valence-electron chi connectivity index (χ2n) is 7.17. The highest BCUT2D eigenvalue weighted by Gasteiger charge is 2.36. The van der Waals surface area contributed by atoms with Gasteiger partial charge in [0.05, 0.1) is 42.4 Å². The van der Waals surface area contributed by atoms with Gasteiger partial charge in [-0.05, 0) is 58.2 Å². The van der Waals surface area contributed by atoms with E-state index in [-0.39, 0.29) is 35.0 Å². The molecule has 2 aromatic rings. The molecule has 0 saturated heterocycles. The highest BCUT2D eigenvalue weighted by atomic mass is 79.9. The minimum absolute atomic E-state index is 0.0958. The van der Waals surface area contributed by atoms with Gasteiger partial charge < -0.3 is 24.2 Å². The van der Waals surface area contributed by atoms with Gasteiger partial charge in [0.15, 0.2) is 11.5 Å². The number of carbonyl (C=O) groups is 2. The Kier molecular flexibility index (Phi) is 7.75. The molecule has 0 aromatic heterocycles. The van der Waals surface area contributed by atoms with Crippen LogP contribution in [-0.2, 0) is 25.6 Å². The lowest BCUT2D eigenvalue weighted by Gasteiger charge is -2.30. The van der Waals surface area contributed by atoms with E-state index in [0.29, 0.717) is 16.6 Å². The summed E-state index contributed by atoms with van der Waals surface area (Å²) in [6.45, 7) is 2.35. The Bertz CT molecular complexity index is 1080. The molecule has 2 aromatic carbocycles. The summed E-state index contributed by atoms with van der Waals surface area (Å²) in [4.78, 5) is 27.2. The first-order chi connectivity index (χ1) is 15.8. The Morgan fingerprint density at radius 2 is 1.64 bits per heavy atom. The highest BCUT2D eigenvalue weighted by Crippen LogP contribution is 2.43. The maximum absolute atomic E-state index is 13.3. The Balaban J connectivity index is 2.13. The smallest absolute Gasteiger partial charge is 0.336 e. The molecule has 3 rings (SSSR count). The van der Waals surface area contributed by atoms with Crippen LogP contribution in [0.1, 0.15) is 24.0 Å². The Labute approximate surface area is 199 Å². The van der Waals surface area contributed by atoms with E-state index in [1.165, 1.54) is 26.4 Å². The molecule has 1 aliphatic heterocycles. The van der Waals surface area contributed by atoms with Gasteiger partial charge >= 0.3 is 11.9 Å². The van der Waals surface area contributed by atoms with Crippen molar-refractivity contribution in [2.24, 2.45) is 0 Å². The summed E-state index contributed by atoms with van der Waals surface area (Å²) < 4.78 is 29.1. The standard InChI is InChI=1S/C24H23BrFNO6/c1-4-33-20-10-15(9-19(25)22(20)28)21-17(23(29)31-2)12-27(13-18(21)24(30)32-3)11-14-5-7-16(26)8-6-14/h5-10,12-13,21,28H,4,11H2,1-3H3. The number of hydrogen-bond donors (Lipinski definition) is 1. The first-order valence-electron chi connectivity index (χ1n) is 10.0. The normalized spacial score (nSPS) is 13.8. The van der Waals surface area contributed by atoms with E-state index in [1.54, 1.807) is 48.5 Å². The number of methoxy groups -OCH3 is 2. The van der Waals surface area contributed by atoms with Crippen LogP contribution in [-0.4, -0.2) is 42.8 Å². The number of esters is 2. The van der Waals surface area contributed by atoms with Crippen LogP contribution in [0, 0.1) is 5.82 Å². The zero-order chi connectivity index (χ0) is 24.1. The number of phenolic OH excluding ortho intramolecular Hbond substituents is 1. The Hall–Kier alpha value is -3.33. The molecular weight excluding hydrogens is 497 g/mol. The summed E-state index contributed by atoms with van der Waals surface area (Å²) in [5.74, 6) is -2.38. The number of nitrogens with zero attached hydrogens (tertiary/aromatic N) is 1. The molecule has 1 N–H and O–H groups in total. The van der Waals surface area contributed by atoms with Crippen molar-refractivity contribution >= 4 is 27.9 Å². The monoisotopic (exact) mass is 519 g/mol. The van der Waals surface area contributed by atoms with Crippen molar-refractivity contribution in [3.63, 3.8) is 0 Å². The van der Waals surface area contributed by atoms with Gasteiger partial charge in [-0.2, -0.15) is 0 Å². The van der Waals surface area contributed by atoms with Crippen LogP contribution in [0.2, 0.25) is 0 Å². The van der Waals surface area contributed by atoms with Crippen LogP contribution >= 0.6 is 15.9 Å². The molecule has 0 unspecified atom stereocenters. The van der Waals surface area contributed by atoms with E-state index in [4.69, 9.17) is 14.2 Å². The topological polar surface area (TPSA) is 85.3 Å². The van der Waals surface area contributed by atoms with Crippen molar-refractivity contribution in [2.75, 3.05) is 20.8 Å². The van der Waals surface area contributed by atoms with E-state index in [2.05, 4.69) is 15.9 Å². The number of phenols is 1. The lowest BCUT2D eigenvalue weighted by Crippen LogP contribution is -2.28. The first-order valence-corrected chi connectivity index (χ1v) is 10.8. The van der Waals surface area contributed by atoms with E-state index >= 15 is 0 Å². The summed E-state index contributed by atoms with van der Waals surface area (Å²) in [5.41, 5.74) is 1.64. The molecule has 1 aliphatic rings. The summed E-state index contributed by atoms with van der Waals surface area (Å²) in [6, 6.07) is 9.07. The molecule has 0 spiro atoms. The van der Waals surface area contributed by atoms with Crippen LogP contribution in [0.5, 0.6) is 11.5 Å². The maximum atomic E-state index is 13.3. The second kappa shape index (κ2) is 10.5. The van der Waals surface area contributed by atoms with Crippen molar-refractivity contribution in [3.05, 3.63) is 81.4 Å². The van der Waals surface area contributed by atoms with Crippen molar-refractivity contribution in [1.82, 2.24) is 4.90 Å².